The zero-order valence-electron chi connectivity index (χ0n) is 17.9. The summed E-state index contributed by atoms with van der Waals surface area (Å²) in [7, 11) is 0. The summed E-state index contributed by atoms with van der Waals surface area (Å²) < 4.78 is 10.9. The van der Waals surface area contributed by atoms with Gasteiger partial charge in [0.1, 0.15) is 0 Å². The van der Waals surface area contributed by atoms with Gasteiger partial charge in [0.2, 0.25) is 12.7 Å². The van der Waals surface area contributed by atoms with Gasteiger partial charge in [-0.3, -0.25) is 4.79 Å². The van der Waals surface area contributed by atoms with E-state index in [1.807, 2.05) is 56.3 Å². The minimum absolute atomic E-state index is 0. The summed E-state index contributed by atoms with van der Waals surface area (Å²) in [5, 5.41) is 12.5. The van der Waals surface area contributed by atoms with E-state index in [1.54, 1.807) is 12.1 Å². The average molecular weight is 431 g/mol. The molecule has 0 bridgehead atoms. The molecule has 3 aromatic rings. The predicted molar refractivity (Wildman–Crippen MR) is 123 cm³/mol. The lowest BCUT2D eigenvalue weighted by Gasteiger charge is -2.18. The van der Waals surface area contributed by atoms with Crippen LogP contribution in [0.25, 0.3) is 11.1 Å². The number of carbonyl (C=O) groups excluding carboxylic acids is 1. The number of anilines is 1. The summed E-state index contributed by atoms with van der Waals surface area (Å²) in [6.45, 7) is 4.12. The van der Waals surface area contributed by atoms with E-state index in [1.165, 1.54) is 0 Å². The second-order valence-electron chi connectivity index (χ2n) is 8.47. The number of fused-ring (bicyclic) bond motifs is 1. The molecule has 32 heavy (non-hydrogen) atoms. The van der Waals surface area contributed by atoms with Crippen molar-refractivity contribution in [3.8, 4) is 22.6 Å². The fraction of sp³-hybridized carbons (Fsp3) is 0.231. The topological polar surface area (TPSA) is 84.9 Å². The molecule has 6 nitrogen and oxygen atoms in total. The molecule has 1 fully saturated rings. The number of ether oxygens (including phenoxy) is 2. The molecule has 1 aliphatic carbocycles. The number of carboxylic acid groups (broad SMARTS) is 1. The predicted octanol–water partition coefficient (Wildman–Crippen LogP) is 5.31. The van der Waals surface area contributed by atoms with Crippen molar-refractivity contribution < 1.29 is 25.6 Å². The molecule has 1 heterocycles. The molecule has 0 spiro atoms. The number of carboxylic acids is 1. The quantitative estimate of drug-likeness (QED) is 0.572. The number of hydrogen-bond donors (Lipinski definition) is 2. The van der Waals surface area contributed by atoms with Gasteiger partial charge >= 0.3 is 5.97 Å². The maximum atomic E-state index is 13.3. The van der Waals surface area contributed by atoms with E-state index in [9.17, 15) is 14.7 Å². The van der Waals surface area contributed by atoms with E-state index >= 15 is 0 Å². The maximum Gasteiger partial charge on any atom is 0.335 e. The Labute approximate surface area is 187 Å². The number of amides is 1. The number of nitrogens with one attached hydrogen (secondary N) is 1. The van der Waals surface area contributed by atoms with Gasteiger partial charge in [-0.2, -0.15) is 0 Å². The Bertz CT molecular complexity index is 1270. The van der Waals surface area contributed by atoms with Crippen LogP contribution in [0.2, 0.25) is 0 Å². The Kier molecular flexibility index (Phi) is 4.66. The molecule has 1 saturated carbocycles. The SMILES string of the molecule is Cc1ccc(NC(=O)C2(c3ccc4c(c3)OCO4)CC2)cc1-c1cc(C(=O)O)ccc1C.[HH]. The minimum Gasteiger partial charge on any atom is -0.478 e. The van der Waals surface area contributed by atoms with Crippen LogP contribution in [-0.2, 0) is 10.2 Å². The molecule has 2 N–H and O–H groups in total. The van der Waals surface area contributed by atoms with Gasteiger partial charge in [0.05, 0.1) is 11.0 Å². The highest BCUT2D eigenvalue weighted by molar-refractivity contribution is 6.02. The van der Waals surface area contributed by atoms with Crippen LogP contribution in [0.4, 0.5) is 5.69 Å². The smallest absolute Gasteiger partial charge is 0.335 e. The van der Waals surface area contributed by atoms with E-state index in [-0.39, 0.29) is 19.7 Å². The van der Waals surface area contributed by atoms with E-state index in [2.05, 4.69) is 5.32 Å². The lowest BCUT2D eigenvalue weighted by molar-refractivity contribution is -0.118. The normalized spacial score (nSPS) is 15.3. The van der Waals surface area contributed by atoms with Crippen LogP contribution in [0.1, 0.15) is 41.3 Å². The fourth-order valence-corrected chi connectivity index (χ4v) is 4.25. The van der Waals surface area contributed by atoms with Crippen molar-refractivity contribution in [1.29, 1.82) is 0 Å². The highest BCUT2D eigenvalue weighted by atomic mass is 16.7. The number of hydrogen-bond acceptors (Lipinski definition) is 4. The summed E-state index contributed by atoms with van der Waals surface area (Å²) in [5.74, 6) is 0.356. The summed E-state index contributed by atoms with van der Waals surface area (Å²) in [5.41, 5.74) is 5.00. The number of aryl methyl sites for hydroxylation is 2. The fourth-order valence-electron chi connectivity index (χ4n) is 4.25. The molecule has 3 aromatic carbocycles. The van der Waals surface area contributed by atoms with Crippen molar-refractivity contribution in [3.63, 3.8) is 0 Å². The molecular weight excluding hydrogens is 406 g/mol. The third-order valence-corrected chi connectivity index (χ3v) is 6.38. The van der Waals surface area contributed by atoms with E-state index in [0.29, 0.717) is 17.2 Å². The van der Waals surface area contributed by atoms with Gasteiger partial charge in [-0.1, -0.05) is 18.2 Å². The van der Waals surface area contributed by atoms with Crippen molar-refractivity contribution >= 4 is 17.6 Å². The Balaban J connectivity index is 0.00000259. The van der Waals surface area contributed by atoms with Gasteiger partial charge in [-0.05, 0) is 90.9 Å². The first-order valence-corrected chi connectivity index (χ1v) is 10.5. The van der Waals surface area contributed by atoms with Gasteiger partial charge in [0.25, 0.3) is 0 Å². The van der Waals surface area contributed by atoms with Gasteiger partial charge in [0, 0.05) is 7.11 Å². The molecular formula is C26H25NO5. The zero-order chi connectivity index (χ0) is 22.5. The minimum atomic E-state index is -0.965. The van der Waals surface area contributed by atoms with Crippen molar-refractivity contribution in [2.24, 2.45) is 0 Å². The summed E-state index contributed by atoms with van der Waals surface area (Å²) >= 11 is 0. The highest BCUT2D eigenvalue weighted by Crippen LogP contribution is 2.51. The molecule has 2 aliphatic rings. The maximum absolute atomic E-state index is 13.3. The summed E-state index contributed by atoms with van der Waals surface area (Å²) in [6, 6.07) is 16.5. The Morgan fingerprint density at radius 1 is 0.906 bits per heavy atom. The van der Waals surface area contributed by atoms with E-state index < -0.39 is 11.4 Å². The van der Waals surface area contributed by atoms with Gasteiger partial charge in [-0.25, -0.2) is 4.79 Å². The van der Waals surface area contributed by atoms with Gasteiger partial charge in [-0.15, -0.1) is 0 Å². The van der Waals surface area contributed by atoms with E-state index in [4.69, 9.17) is 9.47 Å². The Morgan fingerprint density at radius 2 is 1.59 bits per heavy atom. The Morgan fingerprint density at radius 3 is 2.31 bits per heavy atom. The summed E-state index contributed by atoms with van der Waals surface area (Å²) in [4.78, 5) is 24.7. The van der Waals surface area contributed by atoms with Crippen LogP contribution < -0.4 is 14.8 Å². The van der Waals surface area contributed by atoms with Crippen molar-refractivity contribution in [3.05, 3.63) is 76.9 Å². The second kappa shape index (κ2) is 7.41. The van der Waals surface area contributed by atoms with Crippen molar-refractivity contribution in [2.45, 2.75) is 32.1 Å². The second-order valence-corrected chi connectivity index (χ2v) is 8.47. The van der Waals surface area contributed by atoms with E-state index in [0.717, 1.165) is 40.7 Å². The first-order chi connectivity index (χ1) is 15.4. The lowest BCUT2D eigenvalue weighted by atomic mass is 9.93. The largest absolute Gasteiger partial charge is 0.478 e. The molecule has 0 atom stereocenters. The van der Waals surface area contributed by atoms with Gasteiger partial charge < -0.3 is 19.9 Å². The molecule has 1 aliphatic heterocycles. The average Bonchev–Trinajstić information content (AvgIpc) is 3.46. The number of aromatic carboxylic acids is 1. The monoisotopic (exact) mass is 431 g/mol. The third-order valence-electron chi connectivity index (χ3n) is 6.38. The molecule has 6 heteroatoms. The van der Waals surface area contributed by atoms with Crippen LogP contribution in [0.3, 0.4) is 0 Å². The molecule has 0 unspecified atom stereocenters. The number of carbonyl (C=O) groups is 2. The number of rotatable bonds is 5. The van der Waals surface area contributed by atoms with Crippen molar-refractivity contribution in [1.82, 2.24) is 0 Å². The first kappa shape index (κ1) is 20.1. The number of benzene rings is 3. The third kappa shape index (κ3) is 3.38. The van der Waals surface area contributed by atoms with Crippen molar-refractivity contribution in [2.75, 3.05) is 12.1 Å². The standard InChI is InChI=1S/C26H23NO5.H2/c1-15-3-5-17(24(28)29)11-20(15)21-13-19(7-4-16(21)2)27-25(30)26(9-10-26)18-6-8-22-23(12-18)32-14-31-22;/h3-8,11-13H,9-10,14H2,1-2H3,(H,27,30)(H,28,29);1H. The first-order valence-electron chi connectivity index (χ1n) is 10.5. The van der Waals surface area contributed by atoms with Crippen LogP contribution in [0, 0.1) is 13.8 Å². The molecule has 1 amide bonds. The molecule has 5 rings (SSSR count). The van der Waals surface area contributed by atoms with Crippen LogP contribution in [0.15, 0.2) is 54.6 Å². The zero-order valence-corrected chi connectivity index (χ0v) is 17.9. The molecule has 164 valence electrons. The molecule has 0 saturated heterocycles. The molecule has 0 aromatic heterocycles. The summed E-state index contributed by atoms with van der Waals surface area (Å²) in [6.07, 6.45) is 1.55. The van der Waals surface area contributed by atoms with Crippen LogP contribution >= 0.6 is 0 Å². The molecule has 0 radical (unpaired) electrons. The van der Waals surface area contributed by atoms with Gasteiger partial charge in [0.15, 0.2) is 11.5 Å². The Hall–Kier alpha value is -3.80. The van der Waals surface area contributed by atoms with Crippen LogP contribution in [0.5, 0.6) is 11.5 Å². The van der Waals surface area contributed by atoms with Crippen LogP contribution in [-0.4, -0.2) is 23.8 Å². The highest BCUT2D eigenvalue weighted by Gasteiger charge is 2.51. The lowest BCUT2D eigenvalue weighted by Crippen LogP contribution is -2.27.